The van der Waals surface area contributed by atoms with Crippen LogP contribution in [0.4, 0.5) is 5.69 Å². The van der Waals surface area contributed by atoms with Gasteiger partial charge in [-0.2, -0.15) is 0 Å². The fourth-order valence-electron chi connectivity index (χ4n) is 3.87. The van der Waals surface area contributed by atoms with Crippen LogP contribution in [0.2, 0.25) is 5.02 Å². The number of amides is 1. The van der Waals surface area contributed by atoms with Gasteiger partial charge in [-0.1, -0.05) is 24.6 Å². The van der Waals surface area contributed by atoms with Gasteiger partial charge in [0.1, 0.15) is 0 Å². The number of halogens is 1. The summed E-state index contributed by atoms with van der Waals surface area (Å²) in [6, 6.07) is 8.48. The summed E-state index contributed by atoms with van der Waals surface area (Å²) in [5, 5.41) is 0.779. The Bertz CT molecular complexity index is 557. The number of anilines is 1. The molecule has 2 fully saturated rings. The predicted octanol–water partition coefficient (Wildman–Crippen LogP) is 3.25. The van der Waals surface area contributed by atoms with Crippen LogP contribution in [0.25, 0.3) is 0 Å². The fourth-order valence-corrected chi connectivity index (χ4v) is 4.06. The maximum absolute atomic E-state index is 12.7. The molecule has 4 nitrogen and oxygen atoms in total. The van der Waals surface area contributed by atoms with Gasteiger partial charge in [-0.05, 0) is 43.9 Å². The molecule has 0 aromatic heterocycles. The smallest absolute Gasteiger partial charge is 0.236 e. The summed E-state index contributed by atoms with van der Waals surface area (Å²) in [5.41, 5.74) is 1.18. The Morgan fingerprint density at radius 3 is 2.67 bits per heavy atom. The molecule has 5 heteroatoms. The topological polar surface area (TPSA) is 26.8 Å². The van der Waals surface area contributed by atoms with Gasteiger partial charge < -0.3 is 9.80 Å². The van der Waals surface area contributed by atoms with Gasteiger partial charge in [0.2, 0.25) is 5.91 Å². The van der Waals surface area contributed by atoms with Gasteiger partial charge in [-0.25, -0.2) is 0 Å². The number of hydrogen-bond donors (Lipinski definition) is 0. The van der Waals surface area contributed by atoms with Crippen molar-refractivity contribution in [2.24, 2.45) is 0 Å². The third kappa shape index (κ3) is 4.22. The van der Waals surface area contributed by atoms with Gasteiger partial charge in [-0.15, -0.1) is 0 Å². The maximum atomic E-state index is 12.7. The van der Waals surface area contributed by atoms with E-state index in [9.17, 15) is 4.79 Å². The van der Waals surface area contributed by atoms with Crippen molar-refractivity contribution in [3.8, 4) is 0 Å². The van der Waals surface area contributed by atoms with Crippen LogP contribution in [0.1, 0.15) is 32.6 Å². The molecule has 1 unspecified atom stereocenters. The molecule has 132 valence electrons. The minimum Gasteiger partial charge on any atom is -0.369 e. The first-order valence-electron chi connectivity index (χ1n) is 9.19. The first-order chi connectivity index (χ1) is 11.7. The van der Waals surface area contributed by atoms with Crippen molar-refractivity contribution in [3.05, 3.63) is 29.3 Å². The normalized spacial score (nSPS) is 22.7. The van der Waals surface area contributed by atoms with E-state index in [1.165, 1.54) is 18.5 Å². The lowest BCUT2D eigenvalue weighted by Crippen LogP contribution is -2.52. The third-order valence-corrected chi connectivity index (χ3v) is 5.56. The fraction of sp³-hybridized carbons (Fsp3) is 0.632. The first kappa shape index (κ1) is 17.6. The van der Waals surface area contributed by atoms with E-state index in [1.54, 1.807) is 0 Å². The summed E-state index contributed by atoms with van der Waals surface area (Å²) in [7, 11) is 0. The van der Waals surface area contributed by atoms with Crippen molar-refractivity contribution in [1.82, 2.24) is 9.80 Å². The molecule has 2 heterocycles. The van der Waals surface area contributed by atoms with Crippen LogP contribution in [0.15, 0.2) is 24.3 Å². The van der Waals surface area contributed by atoms with Gasteiger partial charge >= 0.3 is 0 Å². The predicted molar refractivity (Wildman–Crippen MR) is 99.7 cm³/mol. The second-order valence-corrected chi connectivity index (χ2v) is 7.32. The van der Waals surface area contributed by atoms with Gasteiger partial charge in [0.05, 0.1) is 6.54 Å². The molecule has 0 aliphatic carbocycles. The van der Waals surface area contributed by atoms with E-state index in [-0.39, 0.29) is 0 Å². The minimum atomic E-state index is 0.317. The van der Waals surface area contributed by atoms with E-state index in [2.05, 4.69) is 27.7 Å². The summed E-state index contributed by atoms with van der Waals surface area (Å²) in [6.45, 7) is 7.47. The van der Waals surface area contributed by atoms with Crippen LogP contribution in [-0.2, 0) is 4.79 Å². The first-order valence-corrected chi connectivity index (χ1v) is 9.57. The molecular formula is C19H28ClN3O. The van der Waals surface area contributed by atoms with Crippen molar-refractivity contribution in [2.45, 2.75) is 38.6 Å². The minimum absolute atomic E-state index is 0.317. The molecule has 3 rings (SSSR count). The third-order valence-electron chi connectivity index (χ3n) is 5.32. The monoisotopic (exact) mass is 349 g/mol. The quantitative estimate of drug-likeness (QED) is 0.834. The Kier molecular flexibility index (Phi) is 6.01. The van der Waals surface area contributed by atoms with Crippen molar-refractivity contribution in [3.63, 3.8) is 0 Å². The van der Waals surface area contributed by atoms with Crippen molar-refractivity contribution < 1.29 is 4.79 Å². The summed E-state index contributed by atoms with van der Waals surface area (Å²) < 4.78 is 0. The summed E-state index contributed by atoms with van der Waals surface area (Å²) in [6.07, 6.45) is 4.67. The van der Waals surface area contributed by atoms with Crippen LogP contribution >= 0.6 is 11.6 Å². The molecule has 2 aliphatic heterocycles. The van der Waals surface area contributed by atoms with Crippen LogP contribution < -0.4 is 4.90 Å². The molecule has 24 heavy (non-hydrogen) atoms. The second-order valence-electron chi connectivity index (χ2n) is 6.89. The van der Waals surface area contributed by atoms with Gasteiger partial charge in [0.15, 0.2) is 0 Å². The SMILES string of the molecule is CCC1CCCCN1C(=O)CN1CCN(c2cccc(Cl)c2)CC1. The van der Waals surface area contributed by atoms with Crippen LogP contribution in [0, 0.1) is 0 Å². The molecular weight excluding hydrogens is 322 g/mol. The Hall–Kier alpha value is -1.26. The maximum Gasteiger partial charge on any atom is 0.236 e. The number of hydrogen-bond acceptors (Lipinski definition) is 3. The van der Waals surface area contributed by atoms with Crippen LogP contribution in [-0.4, -0.2) is 61.0 Å². The number of carbonyl (C=O) groups excluding carboxylic acids is 1. The number of nitrogens with zero attached hydrogens (tertiary/aromatic N) is 3. The lowest BCUT2D eigenvalue weighted by Gasteiger charge is -2.39. The highest BCUT2D eigenvalue weighted by Crippen LogP contribution is 2.22. The molecule has 1 aromatic rings. The molecule has 2 aliphatic rings. The average molecular weight is 350 g/mol. The highest BCUT2D eigenvalue weighted by atomic mass is 35.5. The Morgan fingerprint density at radius 1 is 1.17 bits per heavy atom. The number of piperidine rings is 1. The van der Waals surface area contributed by atoms with Crippen molar-refractivity contribution in [1.29, 1.82) is 0 Å². The van der Waals surface area contributed by atoms with E-state index < -0.39 is 0 Å². The van der Waals surface area contributed by atoms with Gasteiger partial charge in [0, 0.05) is 49.5 Å². The molecule has 1 atom stereocenters. The van der Waals surface area contributed by atoms with E-state index in [1.807, 2.05) is 18.2 Å². The Labute approximate surface area is 150 Å². The van der Waals surface area contributed by atoms with Crippen molar-refractivity contribution >= 4 is 23.2 Å². The van der Waals surface area contributed by atoms with Gasteiger partial charge in [0.25, 0.3) is 0 Å². The standard InChI is InChI=1S/C19H28ClN3O/c1-2-17-7-3-4-9-23(17)19(24)15-21-10-12-22(13-11-21)18-8-5-6-16(20)14-18/h5-6,8,14,17H,2-4,7,9-13,15H2,1H3. The molecule has 0 radical (unpaired) electrons. The zero-order chi connectivity index (χ0) is 16.9. The zero-order valence-corrected chi connectivity index (χ0v) is 15.3. The summed E-state index contributed by atoms with van der Waals surface area (Å²) in [5.74, 6) is 0.317. The lowest BCUT2D eigenvalue weighted by molar-refractivity contribution is -0.136. The highest BCUT2D eigenvalue weighted by Gasteiger charge is 2.27. The molecule has 1 amide bonds. The second kappa shape index (κ2) is 8.21. The van der Waals surface area contributed by atoms with Gasteiger partial charge in [-0.3, -0.25) is 9.69 Å². The zero-order valence-electron chi connectivity index (χ0n) is 14.6. The van der Waals surface area contributed by atoms with E-state index in [4.69, 9.17) is 11.6 Å². The average Bonchev–Trinajstić information content (AvgIpc) is 2.62. The molecule has 0 spiro atoms. The van der Waals surface area contributed by atoms with Crippen LogP contribution in [0.3, 0.4) is 0 Å². The van der Waals surface area contributed by atoms with E-state index >= 15 is 0 Å². The number of piperazine rings is 1. The molecule has 0 saturated carbocycles. The van der Waals surface area contributed by atoms with Crippen LogP contribution in [0.5, 0.6) is 0 Å². The number of likely N-dealkylation sites (tertiary alicyclic amines) is 1. The Balaban J connectivity index is 1.50. The number of benzene rings is 1. The lowest BCUT2D eigenvalue weighted by atomic mass is 10.00. The molecule has 0 bridgehead atoms. The highest BCUT2D eigenvalue weighted by molar-refractivity contribution is 6.30. The molecule has 2 saturated heterocycles. The number of carbonyl (C=O) groups is 1. The summed E-state index contributed by atoms with van der Waals surface area (Å²) in [4.78, 5) is 19.5. The molecule has 0 N–H and O–H groups in total. The summed E-state index contributed by atoms with van der Waals surface area (Å²) >= 11 is 6.09. The van der Waals surface area contributed by atoms with E-state index in [0.717, 1.165) is 50.6 Å². The van der Waals surface area contributed by atoms with E-state index in [0.29, 0.717) is 18.5 Å². The van der Waals surface area contributed by atoms with Crippen molar-refractivity contribution in [2.75, 3.05) is 44.2 Å². The number of rotatable bonds is 4. The Morgan fingerprint density at radius 2 is 1.96 bits per heavy atom. The molecule has 1 aromatic carbocycles. The largest absolute Gasteiger partial charge is 0.369 e.